The van der Waals surface area contributed by atoms with E-state index in [1.165, 1.54) is 12.1 Å². The number of ether oxygens (including phenoxy) is 1. The Morgan fingerprint density at radius 2 is 2.00 bits per heavy atom. The van der Waals surface area contributed by atoms with E-state index < -0.39 is 6.36 Å². The number of hydrogen-bond donors (Lipinski definition) is 1. The maximum atomic E-state index is 12.6. The molecule has 5 nitrogen and oxygen atoms in total. The van der Waals surface area contributed by atoms with Crippen molar-refractivity contribution in [3.63, 3.8) is 0 Å². The van der Waals surface area contributed by atoms with Crippen LogP contribution in [-0.2, 0) is 13.0 Å². The van der Waals surface area contributed by atoms with Gasteiger partial charge in [0, 0.05) is 31.1 Å². The first kappa shape index (κ1) is 19.8. The molecule has 1 aliphatic heterocycles. The van der Waals surface area contributed by atoms with Crippen LogP contribution in [0.25, 0.3) is 0 Å². The van der Waals surface area contributed by atoms with Crippen molar-refractivity contribution >= 4 is 11.8 Å². The second-order valence-electron chi connectivity index (χ2n) is 7.85. The number of nitrogens with zero attached hydrogens (tertiary/aromatic N) is 3. The van der Waals surface area contributed by atoms with Gasteiger partial charge >= 0.3 is 6.36 Å². The summed E-state index contributed by atoms with van der Waals surface area (Å²) in [6.07, 6.45) is -0.699. The van der Waals surface area contributed by atoms with Gasteiger partial charge in [0.1, 0.15) is 11.6 Å². The summed E-state index contributed by atoms with van der Waals surface area (Å²) in [7, 11) is 0. The van der Waals surface area contributed by atoms with E-state index in [0.717, 1.165) is 54.9 Å². The minimum absolute atomic E-state index is 0.182. The molecule has 2 aromatic rings. The first-order valence-corrected chi connectivity index (χ1v) is 10.1. The average Bonchev–Trinajstić information content (AvgIpc) is 3.51. The number of nitrogens with one attached hydrogen (secondary N) is 1. The summed E-state index contributed by atoms with van der Waals surface area (Å²) in [6, 6.07) is 6.88. The number of rotatable bonds is 6. The van der Waals surface area contributed by atoms with Crippen molar-refractivity contribution in [3.05, 3.63) is 41.1 Å². The molecule has 0 amide bonds. The number of hydrogen-bond acceptors (Lipinski definition) is 5. The van der Waals surface area contributed by atoms with E-state index in [1.54, 1.807) is 6.07 Å². The Hall–Kier alpha value is -2.51. The summed E-state index contributed by atoms with van der Waals surface area (Å²) in [5.41, 5.74) is 2.92. The number of alkyl halides is 3. The molecular weight excluding hydrogens is 381 g/mol. The lowest BCUT2D eigenvalue weighted by atomic mass is 9.99. The van der Waals surface area contributed by atoms with Crippen molar-refractivity contribution in [3.8, 4) is 5.75 Å². The molecular formula is C21H25F3N4O. The Morgan fingerprint density at radius 3 is 2.69 bits per heavy atom. The number of anilines is 2. The standard InChI is InChI=1S/C21H25F3N4O/c1-3-13(2)25-20-26-18(15-4-5-15)11-19(27-20)28-9-8-14-6-7-17(10-16(14)12-28)29-21(22,23)24/h6-7,10-11,13,15H,3-5,8-9,12H2,1-2H3,(H,25,26,27)/t13-/m0/s1. The second kappa shape index (κ2) is 7.72. The third kappa shape index (κ3) is 4.92. The Morgan fingerprint density at radius 1 is 1.21 bits per heavy atom. The Kier molecular flexibility index (Phi) is 5.27. The molecule has 2 heterocycles. The highest BCUT2D eigenvalue weighted by Gasteiger charge is 2.32. The van der Waals surface area contributed by atoms with Crippen LogP contribution in [0.3, 0.4) is 0 Å². The van der Waals surface area contributed by atoms with E-state index in [4.69, 9.17) is 4.98 Å². The molecule has 1 aromatic carbocycles. The highest BCUT2D eigenvalue weighted by molar-refractivity contribution is 5.50. The maximum Gasteiger partial charge on any atom is 0.573 e. The third-order valence-corrected chi connectivity index (χ3v) is 5.46. The molecule has 1 N–H and O–H groups in total. The molecule has 0 bridgehead atoms. The molecule has 156 valence electrons. The van der Waals surface area contributed by atoms with Crippen LogP contribution in [0.2, 0.25) is 0 Å². The molecule has 8 heteroatoms. The van der Waals surface area contributed by atoms with Crippen LogP contribution >= 0.6 is 0 Å². The molecule has 2 aliphatic rings. The summed E-state index contributed by atoms with van der Waals surface area (Å²) >= 11 is 0. The van der Waals surface area contributed by atoms with Crippen molar-refractivity contribution in [2.75, 3.05) is 16.8 Å². The summed E-state index contributed by atoms with van der Waals surface area (Å²) in [6.45, 7) is 5.45. The molecule has 0 saturated heterocycles. The first-order valence-electron chi connectivity index (χ1n) is 10.1. The highest BCUT2D eigenvalue weighted by Crippen LogP contribution is 2.40. The second-order valence-corrected chi connectivity index (χ2v) is 7.85. The minimum atomic E-state index is -4.69. The zero-order valence-electron chi connectivity index (χ0n) is 16.6. The van der Waals surface area contributed by atoms with E-state index in [-0.39, 0.29) is 11.8 Å². The zero-order chi connectivity index (χ0) is 20.6. The summed E-state index contributed by atoms with van der Waals surface area (Å²) in [5.74, 6) is 1.75. The van der Waals surface area contributed by atoms with E-state index >= 15 is 0 Å². The number of aromatic nitrogens is 2. The van der Waals surface area contributed by atoms with Gasteiger partial charge in [0.25, 0.3) is 0 Å². The van der Waals surface area contributed by atoms with Crippen LogP contribution in [0.5, 0.6) is 5.75 Å². The molecule has 0 spiro atoms. The molecule has 1 aliphatic carbocycles. The fraction of sp³-hybridized carbons (Fsp3) is 0.524. The van der Waals surface area contributed by atoms with Crippen molar-refractivity contribution in [2.24, 2.45) is 0 Å². The highest BCUT2D eigenvalue weighted by atomic mass is 19.4. The van der Waals surface area contributed by atoms with Crippen molar-refractivity contribution < 1.29 is 17.9 Å². The first-order chi connectivity index (χ1) is 13.8. The molecule has 29 heavy (non-hydrogen) atoms. The van der Waals surface area contributed by atoms with Crippen LogP contribution in [0.1, 0.15) is 55.8 Å². The van der Waals surface area contributed by atoms with Gasteiger partial charge in [0.2, 0.25) is 5.95 Å². The van der Waals surface area contributed by atoms with Crippen LogP contribution < -0.4 is 15.0 Å². The monoisotopic (exact) mass is 406 g/mol. The Labute approximate surface area is 168 Å². The lowest BCUT2D eigenvalue weighted by Crippen LogP contribution is -2.31. The van der Waals surface area contributed by atoms with Gasteiger partial charge in [-0.2, -0.15) is 4.98 Å². The van der Waals surface area contributed by atoms with E-state index in [0.29, 0.717) is 18.4 Å². The van der Waals surface area contributed by atoms with Gasteiger partial charge in [-0.25, -0.2) is 4.98 Å². The van der Waals surface area contributed by atoms with E-state index in [1.807, 2.05) is 6.07 Å². The molecule has 4 rings (SSSR count). The van der Waals surface area contributed by atoms with E-state index in [2.05, 4.69) is 33.8 Å². The van der Waals surface area contributed by atoms with Gasteiger partial charge in [-0.15, -0.1) is 13.2 Å². The van der Waals surface area contributed by atoms with Gasteiger partial charge in [0.05, 0.1) is 5.69 Å². The number of benzene rings is 1. The van der Waals surface area contributed by atoms with Crippen molar-refractivity contribution in [2.45, 2.75) is 64.4 Å². The van der Waals surface area contributed by atoms with Gasteiger partial charge < -0.3 is 15.0 Å². The van der Waals surface area contributed by atoms with Crippen LogP contribution in [0.15, 0.2) is 24.3 Å². The van der Waals surface area contributed by atoms with Crippen LogP contribution in [0, 0.1) is 0 Å². The Balaban J connectivity index is 1.58. The van der Waals surface area contributed by atoms with Crippen LogP contribution in [-0.4, -0.2) is 28.9 Å². The predicted molar refractivity (Wildman–Crippen MR) is 105 cm³/mol. The number of fused-ring (bicyclic) bond motifs is 1. The average molecular weight is 406 g/mol. The smallest absolute Gasteiger partial charge is 0.406 e. The fourth-order valence-electron chi connectivity index (χ4n) is 3.52. The Bertz CT molecular complexity index is 883. The molecule has 1 aromatic heterocycles. The van der Waals surface area contributed by atoms with Gasteiger partial charge in [0.15, 0.2) is 0 Å². The summed E-state index contributed by atoms with van der Waals surface area (Å²) in [5, 5.41) is 3.35. The summed E-state index contributed by atoms with van der Waals surface area (Å²) < 4.78 is 41.8. The SMILES string of the molecule is CC[C@H](C)Nc1nc(C2CC2)cc(N2CCc3ccc(OC(F)(F)F)cc3C2)n1. The number of halogens is 3. The van der Waals surface area contributed by atoms with Gasteiger partial charge in [-0.3, -0.25) is 0 Å². The lowest BCUT2D eigenvalue weighted by molar-refractivity contribution is -0.274. The maximum absolute atomic E-state index is 12.6. The molecule has 1 saturated carbocycles. The molecule has 0 radical (unpaired) electrons. The zero-order valence-corrected chi connectivity index (χ0v) is 16.6. The van der Waals surface area contributed by atoms with E-state index in [9.17, 15) is 13.2 Å². The predicted octanol–water partition coefficient (Wildman–Crippen LogP) is 5.03. The normalized spacial score (nSPS) is 17.6. The van der Waals surface area contributed by atoms with Gasteiger partial charge in [-0.05, 0) is 55.9 Å². The molecule has 1 atom stereocenters. The molecule has 1 fully saturated rings. The largest absolute Gasteiger partial charge is 0.573 e. The minimum Gasteiger partial charge on any atom is -0.406 e. The van der Waals surface area contributed by atoms with Gasteiger partial charge in [-0.1, -0.05) is 13.0 Å². The fourth-order valence-corrected chi connectivity index (χ4v) is 3.52. The van der Waals surface area contributed by atoms with Crippen LogP contribution in [0.4, 0.5) is 24.9 Å². The quantitative estimate of drug-likeness (QED) is 0.730. The lowest BCUT2D eigenvalue weighted by Gasteiger charge is -2.30. The molecule has 0 unspecified atom stereocenters. The third-order valence-electron chi connectivity index (χ3n) is 5.46. The topological polar surface area (TPSA) is 50.3 Å². The van der Waals surface area contributed by atoms with Crippen molar-refractivity contribution in [1.29, 1.82) is 0 Å². The van der Waals surface area contributed by atoms with Crippen molar-refractivity contribution in [1.82, 2.24) is 9.97 Å². The summed E-state index contributed by atoms with van der Waals surface area (Å²) in [4.78, 5) is 11.5.